The fraction of sp³-hybridized carbons (Fsp3) is 0.478. The van der Waals surface area contributed by atoms with E-state index in [4.69, 9.17) is 9.47 Å². The van der Waals surface area contributed by atoms with Crippen molar-refractivity contribution in [3.63, 3.8) is 0 Å². The molecule has 1 N–H and O–H groups in total. The van der Waals surface area contributed by atoms with Crippen molar-refractivity contribution in [3.8, 4) is 16.9 Å². The second kappa shape index (κ2) is 8.03. The maximum Gasteiger partial charge on any atom is 0.306 e. The summed E-state index contributed by atoms with van der Waals surface area (Å²) in [6.07, 6.45) is 6.37. The SMILES string of the molecule is COc1ccc2c(c1)C(C1CCCCC1)OC(CC(=O)O)c1cc(=O)n(C)cc1-2. The van der Waals surface area contributed by atoms with Gasteiger partial charge in [-0.3, -0.25) is 9.59 Å². The van der Waals surface area contributed by atoms with Crippen molar-refractivity contribution in [1.29, 1.82) is 0 Å². The maximum absolute atomic E-state index is 12.4. The fourth-order valence-electron chi connectivity index (χ4n) is 4.73. The van der Waals surface area contributed by atoms with Crippen LogP contribution in [-0.2, 0) is 16.6 Å². The number of rotatable bonds is 4. The number of nitrogens with zero attached hydrogens (tertiary/aromatic N) is 1. The highest BCUT2D eigenvalue weighted by molar-refractivity contribution is 5.74. The molecule has 1 aliphatic carbocycles. The van der Waals surface area contributed by atoms with Crippen LogP contribution >= 0.6 is 0 Å². The van der Waals surface area contributed by atoms with Crippen LogP contribution in [0.1, 0.15) is 61.9 Å². The summed E-state index contributed by atoms with van der Waals surface area (Å²) >= 11 is 0. The standard InChI is InChI=1S/C23H27NO5/c1-24-13-19-16-9-8-15(28-2)10-18(16)23(14-6-4-3-5-7-14)29-20(12-22(26)27)17(19)11-21(24)25/h8-11,13-14,20,23H,3-7,12H2,1-2H3,(H,26,27). The Bertz CT molecular complexity index is 974. The lowest BCUT2D eigenvalue weighted by Crippen LogP contribution is -2.22. The summed E-state index contributed by atoms with van der Waals surface area (Å²) in [5.74, 6) is 0.129. The van der Waals surface area contributed by atoms with E-state index in [1.165, 1.54) is 17.1 Å². The van der Waals surface area contributed by atoms with Crippen LogP contribution in [0.5, 0.6) is 5.75 Å². The van der Waals surface area contributed by atoms with Gasteiger partial charge in [0.05, 0.1) is 25.7 Å². The third kappa shape index (κ3) is 3.81. The number of aliphatic carboxylic acids is 1. The van der Waals surface area contributed by atoms with Crippen LogP contribution < -0.4 is 10.3 Å². The van der Waals surface area contributed by atoms with Gasteiger partial charge in [-0.25, -0.2) is 0 Å². The summed E-state index contributed by atoms with van der Waals surface area (Å²) in [5.41, 5.74) is 3.34. The lowest BCUT2D eigenvalue weighted by atomic mass is 9.81. The van der Waals surface area contributed by atoms with E-state index in [1.807, 2.05) is 18.2 Å². The number of aromatic nitrogens is 1. The molecule has 1 saturated carbocycles. The van der Waals surface area contributed by atoms with Gasteiger partial charge >= 0.3 is 5.97 Å². The molecule has 1 aromatic heterocycles. The molecule has 0 amide bonds. The molecule has 154 valence electrons. The van der Waals surface area contributed by atoms with E-state index in [1.54, 1.807) is 20.4 Å². The Hall–Kier alpha value is -2.60. The lowest BCUT2D eigenvalue weighted by Gasteiger charge is -2.32. The van der Waals surface area contributed by atoms with Crippen molar-refractivity contribution in [1.82, 2.24) is 4.57 Å². The zero-order chi connectivity index (χ0) is 20.5. The van der Waals surface area contributed by atoms with Gasteiger partial charge in [-0.1, -0.05) is 25.3 Å². The predicted molar refractivity (Wildman–Crippen MR) is 109 cm³/mol. The van der Waals surface area contributed by atoms with E-state index >= 15 is 0 Å². The van der Waals surface area contributed by atoms with Gasteiger partial charge in [0.15, 0.2) is 0 Å². The average Bonchev–Trinajstić information content (AvgIpc) is 2.84. The third-order valence-corrected chi connectivity index (χ3v) is 6.21. The van der Waals surface area contributed by atoms with Crippen molar-refractivity contribution in [3.05, 3.63) is 51.9 Å². The summed E-state index contributed by atoms with van der Waals surface area (Å²) in [6.45, 7) is 0. The first-order valence-corrected chi connectivity index (χ1v) is 10.2. The van der Waals surface area contributed by atoms with Crippen molar-refractivity contribution >= 4 is 5.97 Å². The smallest absolute Gasteiger partial charge is 0.306 e. The van der Waals surface area contributed by atoms with Crippen molar-refractivity contribution in [2.45, 2.75) is 50.7 Å². The molecule has 1 fully saturated rings. The van der Waals surface area contributed by atoms with Crippen LogP contribution in [0.4, 0.5) is 0 Å². The minimum atomic E-state index is -0.937. The van der Waals surface area contributed by atoms with Crippen molar-refractivity contribution in [2.75, 3.05) is 7.11 Å². The molecule has 0 bridgehead atoms. The molecule has 2 heterocycles. The van der Waals surface area contributed by atoms with Crippen LogP contribution in [0.25, 0.3) is 11.1 Å². The molecule has 0 radical (unpaired) electrons. The summed E-state index contributed by atoms with van der Waals surface area (Å²) in [4.78, 5) is 24.0. The first-order valence-electron chi connectivity index (χ1n) is 10.2. The Labute approximate surface area is 170 Å². The molecule has 1 aliphatic heterocycles. The number of carboxylic acid groups (broad SMARTS) is 1. The van der Waals surface area contributed by atoms with E-state index in [-0.39, 0.29) is 18.1 Å². The number of pyridine rings is 1. The van der Waals surface area contributed by atoms with Gasteiger partial charge in [0.1, 0.15) is 5.75 Å². The highest BCUT2D eigenvalue weighted by Gasteiger charge is 2.36. The molecule has 1 aromatic carbocycles. The van der Waals surface area contributed by atoms with Crippen molar-refractivity contribution in [2.24, 2.45) is 13.0 Å². The Kier molecular flexibility index (Phi) is 5.46. The number of fused-ring (bicyclic) bond motifs is 3. The summed E-state index contributed by atoms with van der Waals surface area (Å²) in [5, 5.41) is 9.52. The molecule has 2 aliphatic rings. The number of hydrogen-bond donors (Lipinski definition) is 1. The van der Waals surface area contributed by atoms with Crippen LogP contribution in [0.2, 0.25) is 0 Å². The van der Waals surface area contributed by atoms with Crippen LogP contribution in [-0.4, -0.2) is 22.8 Å². The zero-order valence-corrected chi connectivity index (χ0v) is 16.9. The summed E-state index contributed by atoms with van der Waals surface area (Å²) in [6, 6.07) is 7.44. The van der Waals surface area contributed by atoms with Gasteiger partial charge in [-0.15, -0.1) is 0 Å². The zero-order valence-electron chi connectivity index (χ0n) is 16.9. The minimum absolute atomic E-state index is 0.172. The average molecular weight is 397 g/mol. The quantitative estimate of drug-likeness (QED) is 0.835. The Morgan fingerprint density at radius 3 is 2.62 bits per heavy atom. The minimum Gasteiger partial charge on any atom is -0.497 e. The second-order valence-corrected chi connectivity index (χ2v) is 8.09. The number of benzene rings is 1. The van der Waals surface area contributed by atoms with Crippen LogP contribution in [0.15, 0.2) is 35.3 Å². The van der Waals surface area contributed by atoms with E-state index in [2.05, 4.69) is 0 Å². The molecule has 29 heavy (non-hydrogen) atoms. The maximum atomic E-state index is 12.4. The van der Waals surface area contributed by atoms with E-state index in [9.17, 15) is 14.7 Å². The summed E-state index contributed by atoms with van der Waals surface area (Å²) < 4.78 is 13.5. The first kappa shape index (κ1) is 19.7. The monoisotopic (exact) mass is 397 g/mol. The van der Waals surface area contributed by atoms with E-state index in [0.29, 0.717) is 11.5 Å². The van der Waals surface area contributed by atoms with Gasteiger partial charge in [-0.05, 0) is 47.6 Å². The van der Waals surface area contributed by atoms with Gasteiger partial charge in [0.25, 0.3) is 5.56 Å². The van der Waals surface area contributed by atoms with Crippen LogP contribution in [0, 0.1) is 5.92 Å². The Morgan fingerprint density at radius 1 is 1.17 bits per heavy atom. The van der Waals surface area contributed by atoms with Gasteiger partial charge in [0, 0.05) is 24.9 Å². The molecule has 6 heteroatoms. The Balaban J connectivity index is 1.93. The highest BCUT2D eigenvalue weighted by Crippen LogP contribution is 2.48. The van der Waals surface area contributed by atoms with E-state index in [0.717, 1.165) is 48.1 Å². The Morgan fingerprint density at radius 2 is 1.93 bits per heavy atom. The third-order valence-electron chi connectivity index (χ3n) is 6.21. The van der Waals surface area contributed by atoms with Crippen LogP contribution in [0.3, 0.4) is 0 Å². The van der Waals surface area contributed by atoms with Gasteiger partial charge < -0.3 is 19.1 Å². The number of carboxylic acids is 1. The number of hydrogen-bond acceptors (Lipinski definition) is 4. The number of aryl methyl sites for hydroxylation is 1. The van der Waals surface area contributed by atoms with Crippen molar-refractivity contribution < 1.29 is 19.4 Å². The highest BCUT2D eigenvalue weighted by atomic mass is 16.5. The number of ether oxygens (including phenoxy) is 2. The predicted octanol–water partition coefficient (Wildman–Crippen LogP) is 4.23. The largest absolute Gasteiger partial charge is 0.497 e. The molecule has 4 rings (SSSR count). The van der Waals surface area contributed by atoms with E-state index < -0.39 is 12.1 Å². The number of carbonyl (C=O) groups is 1. The lowest BCUT2D eigenvalue weighted by molar-refractivity contribution is -0.143. The second-order valence-electron chi connectivity index (χ2n) is 8.09. The first-order chi connectivity index (χ1) is 14.0. The summed E-state index contributed by atoms with van der Waals surface area (Å²) in [7, 11) is 3.35. The molecule has 6 nitrogen and oxygen atoms in total. The molecule has 2 unspecified atom stereocenters. The molecular weight excluding hydrogens is 370 g/mol. The molecule has 0 spiro atoms. The number of methoxy groups -OCH3 is 1. The normalized spacial score (nSPS) is 21.7. The fourth-order valence-corrected chi connectivity index (χ4v) is 4.73. The molecule has 2 atom stereocenters. The molecular formula is C23H27NO5. The van der Waals surface area contributed by atoms with Gasteiger partial charge in [-0.2, -0.15) is 0 Å². The topological polar surface area (TPSA) is 77.8 Å². The molecule has 0 saturated heterocycles. The van der Waals surface area contributed by atoms with Gasteiger partial charge in [0.2, 0.25) is 0 Å². The molecule has 2 aromatic rings.